The van der Waals surface area contributed by atoms with Gasteiger partial charge in [-0.1, -0.05) is 12.1 Å². The second-order valence-corrected chi connectivity index (χ2v) is 7.42. The van der Waals surface area contributed by atoms with Crippen molar-refractivity contribution in [2.45, 2.75) is 0 Å². The minimum absolute atomic E-state index is 0.0244. The fourth-order valence-corrected chi connectivity index (χ4v) is 3.95. The summed E-state index contributed by atoms with van der Waals surface area (Å²) in [5.41, 5.74) is 1.43. The Labute approximate surface area is 180 Å². The van der Waals surface area contributed by atoms with Crippen LogP contribution in [0.25, 0.3) is 20.8 Å². The average molecular weight is 436 g/mol. The van der Waals surface area contributed by atoms with E-state index >= 15 is 0 Å². The molecule has 0 aliphatic rings. The minimum atomic E-state index is -0.674. The second-order valence-electron chi connectivity index (χ2n) is 6.39. The number of para-hydroxylation sites is 1. The summed E-state index contributed by atoms with van der Waals surface area (Å²) >= 11 is 1.55. The normalized spacial score (nSPS) is 10.6. The molecule has 1 heterocycles. The van der Waals surface area contributed by atoms with Crippen molar-refractivity contribution in [2.24, 2.45) is 0 Å². The van der Waals surface area contributed by atoms with Crippen LogP contribution in [0.4, 0.5) is 5.69 Å². The Morgan fingerprint density at radius 2 is 1.77 bits per heavy atom. The highest BCUT2D eigenvalue weighted by Crippen LogP contribution is 2.40. The number of thiazole rings is 1. The third kappa shape index (κ3) is 4.03. The lowest BCUT2D eigenvalue weighted by Gasteiger charge is -2.12. The van der Waals surface area contributed by atoms with E-state index in [-0.39, 0.29) is 17.0 Å². The van der Waals surface area contributed by atoms with E-state index in [0.717, 1.165) is 26.9 Å². The lowest BCUT2D eigenvalue weighted by atomic mass is 10.2. The molecule has 1 aromatic heterocycles. The van der Waals surface area contributed by atoms with Crippen molar-refractivity contribution in [1.29, 1.82) is 0 Å². The number of fused-ring (bicyclic) bond motifs is 1. The van der Waals surface area contributed by atoms with Crippen molar-refractivity contribution in [3.8, 4) is 27.8 Å². The first-order valence-corrected chi connectivity index (χ1v) is 9.90. The fourth-order valence-electron chi connectivity index (χ4n) is 2.99. The lowest BCUT2D eigenvalue weighted by molar-refractivity contribution is -0.385. The molecule has 0 aliphatic heterocycles. The monoisotopic (exact) mass is 436 g/mol. The van der Waals surface area contributed by atoms with Crippen LogP contribution in [0.3, 0.4) is 0 Å². The zero-order valence-electron chi connectivity index (χ0n) is 16.5. The molecule has 0 N–H and O–H groups in total. The topological polar surface area (TPSA) is 101 Å². The predicted octanol–water partition coefficient (Wildman–Crippen LogP) is 5.46. The van der Waals surface area contributed by atoms with Crippen LogP contribution in [0.5, 0.6) is 17.2 Å². The number of esters is 1. The van der Waals surface area contributed by atoms with Crippen LogP contribution in [0.15, 0.2) is 60.7 Å². The molecule has 0 bridgehead atoms. The third-order valence-corrected chi connectivity index (χ3v) is 5.59. The summed E-state index contributed by atoms with van der Waals surface area (Å²) in [5.74, 6) is -0.0134. The van der Waals surface area contributed by atoms with E-state index in [1.54, 1.807) is 23.5 Å². The lowest BCUT2D eigenvalue weighted by Crippen LogP contribution is -2.03. The van der Waals surface area contributed by atoms with Crippen LogP contribution < -0.4 is 9.47 Å². The summed E-state index contributed by atoms with van der Waals surface area (Å²) in [6, 6.07) is 16.9. The quantitative estimate of drug-likeness (QED) is 0.225. The Morgan fingerprint density at radius 1 is 1.00 bits per heavy atom. The largest absolute Gasteiger partial charge is 0.493 e. The summed E-state index contributed by atoms with van der Waals surface area (Å²) in [6.45, 7) is 0. The van der Waals surface area contributed by atoms with Gasteiger partial charge < -0.3 is 14.2 Å². The Hall–Kier alpha value is -3.98. The standard InChI is InChI=1S/C22H16N2O6S/c1-28-19-12-13(21-23-15-5-3-4-6-20(15)31-21)7-10-18(19)30-17-9-8-14(22(25)29-2)11-16(17)24(26)27/h3-12H,1-2H3. The van der Waals surface area contributed by atoms with Crippen molar-refractivity contribution in [2.75, 3.05) is 14.2 Å². The number of benzene rings is 3. The van der Waals surface area contributed by atoms with Crippen molar-refractivity contribution in [3.05, 3.63) is 76.3 Å². The number of nitrogens with zero attached hydrogens (tertiary/aromatic N) is 2. The number of carbonyl (C=O) groups excluding carboxylic acids is 1. The van der Waals surface area contributed by atoms with E-state index in [9.17, 15) is 14.9 Å². The molecule has 3 aromatic carbocycles. The SMILES string of the molecule is COC(=O)c1ccc(Oc2ccc(-c3nc4ccccc4s3)cc2OC)c([N+](=O)[O-])c1. The Kier molecular flexibility index (Phi) is 5.50. The molecule has 4 rings (SSSR count). The molecule has 9 heteroatoms. The average Bonchev–Trinajstić information content (AvgIpc) is 3.23. The van der Waals surface area contributed by atoms with E-state index in [1.165, 1.54) is 26.4 Å². The van der Waals surface area contributed by atoms with Crippen LogP contribution in [0, 0.1) is 10.1 Å². The van der Waals surface area contributed by atoms with Gasteiger partial charge in [0.25, 0.3) is 0 Å². The van der Waals surface area contributed by atoms with Gasteiger partial charge in [-0.15, -0.1) is 11.3 Å². The number of nitro groups is 1. The first-order chi connectivity index (χ1) is 15.0. The first-order valence-electron chi connectivity index (χ1n) is 9.08. The maximum atomic E-state index is 11.7. The number of rotatable bonds is 6. The molecule has 156 valence electrons. The fraction of sp³-hybridized carbons (Fsp3) is 0.0909. The van der Waals surface area contributed by atoms with Crippen molar-refractivity contribution < 1.29 is 23.9 Å². The third-order valence-electron chi connectivity index (χ3n) is 4.50. The van der Waals surface area contributed by atoms with Gasteiger partial charge in [-0.25, -0.2) is 9.78 Å². The van der Waals surface area contributed by atoms with Gasteiger partial charge in [0.1, 0.15) is 5.01 Å². The molecule has 0 spiro atoms. The number of nitro benzene ring substituents is 1. The molecule has 0 atom stereocenters. The minimum Gasteiger partial charge on any atom is -0.493 e. The molecule has 31 heavy (non-hydrogen) atoms. The van der Waals surface area contributed by atoms with Crippen LogP contribution >= 0.6 is 11.3 Å². The maximum Gasteiger partial charge on any atom is 0.338 e. The van der Waals surface area contributed by atoms with Crippen LogP contribution in [0.1, 0.15) is 10.4 Å². The van der Waals surface area contributed by atoms with Gasteiger partial charge in [0.05, 0.1) is 34.9 Å². The molecule has 0 aliphatic carbocycles. The van der Waals surface area contributed by atoms with Crippen LogP contribution in [-0.2, 0) is 4.74 Å². The summed E-state index contributed by atoms with van der Waals surface area (Å²) in [4.78, 5) is 27.2. The number of aromatic nitrogens is 1. The number of hydrogen-bond acceptors (Lipinski definition) is 8. The molecule has 0 amide bonds. The number of methoxy groups -OCH3 is 2. The second kappa shape index (κ2) is 8.41. The van der Waals surface area contributed by atoms with Crippen LogP contribution in [-0.4, -0.2) is 30.1 Å². The molecule has 4 aromatic rings. The molecule has 8 nitrogen and oxygen atoms in total. The summed E-state index contributed by atoms with van der Waals surface area (Å²) in [5, 5.41) is 12.3. The highest BCUT2D eigenvalue weighted by molar-refractivity contribution is 7.21. The van der Waals surface area contributed by atoms with Crippen molar-refractivity contribution >= 4 is 33.2 Å². The molecular weight excluding hydrogens is 420 g/mol. The van der Waals surface area contributed by atoms with E-state index in [1.807, 2.05) is 30.3 Å². The van der Waals surface area contributed by atoms with Gasteiger partial charge in [-0.3, -0.25) is 10.1 Å². The number of ether oxygens (including phenoxy) is 3. The molecule has 0 radical (unpaired) electrons. The first kappa shape index (κ1) is 20.3. The van der Waals surface area contributed by atoms with E-state index in [2.05, 4.69) is 9.72 Å². The Bertz CT molecular complexity index is 1270. The molecular formula is C22H16N2O6S. The zero-order valence-corrected chi connectivity index (χ0v) is 17.3. The summed E-state index contributed by atoms with van der Waals surface area (Å²) in [6.07, 6.45) is 0. The zero-order chi connectivity index (χ0) is 22.0. The number of hydrogen-bond donors (Lipinski definition) is 0. The van der Waals surface area contributed by atoms with Gasteiger partial charge in [0.2, 0.25) is 5.75 Å². The Balaban J connectivity index is 1.69. The predicted molar refractivity (Wildman–Crippen MR) is 116 cm³/mol. The Morgan fingerprint density at radius 3 is 2.48 bits per heavy atom. The van der Waals surface area contributed by atoms with Gasteiger partial charge >= 0.3 is 11.7 Å². The molecule has 0 fully saturated rings. The smallest absolute Gasteiger partial charge is 0.338 e. The van der Waals surface area contributed by atoms with Gasteiger partial charge in [-0.2, -0.15) is 0 Å². The van der Waals surface area contributed by atoms with Gasteiger partial charge in [0.15, 0.2) is 11.5 Å². The maximum absolute atomic E-state index is 11.7. The van der Waals surface area contributed by atoms with Crippen molar-refractivity contribution in [1.82, 2.24) is 4.98 Å². The van der Waals surface area contributed by atoms with E-state index < -0.39 is 10.9 Å². The van der Waals surface area contributed by atoms with Crippen LogP contribution in [0.2, 0.25) is 0 Å². The number of carbonyl (C=O) groups is 1. The highest BCUT2D eigenvalue weighted by atomic mass is 32.1. The summed E-state index contributed by atoms with van der Waals surface area (Å²) in [7, 11) is 2.69. The molecule has 0 unspecified atom stereocenters. The highest BCUT2D eigenvalue weighted by Gasteiger charge is 2.21. The summed E-state index contributed by atoms with van der Waals surface area (Å²) < 4.78 is 16.9. The van der Waals surface area contributed by atoms with E-state index in [4.69, 9.17) is 9.47 Å². The molecule has 0 saturated carbocycles. The van der Waals surface area contributed by atoms with Crippen molar-refractivity contribution in [3.63, 3.8) is 0 Å². The van der Waals surface area contributed by atoms with Gasteiger partial charge in [-0.05, 0) is 42.5 Å². The van der Waals surface area contributed by atoms with Gasteiger partial charge in [0, 0.05) is 11.6 Å². The van der Waals surface area contributed by atoms with E-state index in [0.29, 0.717) is 11.5 Å². The molecule has 0 saturated heterocycles.